The van der Waals surface area contributed by atoms with E-state index >= 15 is 0 Å². The van der Waals surface area contributed by atoms with Gasteiger partial charge in [-0.2, -0.15) is 0 Å². The van der Waals surface area contributed by atoms with Crippen LogP contribution in [0.15, 0.2) is 29.2 Å². The van der Waals surface area contributed by atoms with E-state index in [0.29, 0.717) is 11.3 Å². The van der Waals surface area contributed by atoms with Gasteiger partial charge in [0.05, 0.1) is 4.90 Å². The van der Waals surface area contributed by atoms with Crippen LogP contribution >= 0.6 is 0 Å². The minimum absolute atomic E-state index is 0.244. The molecule has 0 saturated heterocycles. The smallest absolute Gasteiger partial charge is 0.242 e. The standard InChI is InChI=1S/C12H20N2O2S/c1-10(13-2)9-11-7-5-6-8-12(11)17(15,16)14(3)4/h5-8,10,13H,9H2,1-4H3. The summed E-state index contributed by atoms with van der Waals surface area (Å²) in [6.07, 6.45) is 0.694. The van der Waals surface area contributed by atoms with Crippen LogP contribution in [0, 0.1) is 0 Å². The zero-order chi connectivity index (χ0) is 13.1. The van der Waals surface area contributed by atoms with Crippen LogP contribution in [0.4, 0.5) is 0 Å². The molecular weight excluding hydrogens is 236 g/mol. The molecule has 0 amide bonds. The Morgan fingerprint density at radius 3 is 2.41 bits per heavy atom. The first-order valence-electron chi connectivity index (χ1n) is 5.57. The Morgan fingerprint density at radius 2 is 1.88 bits per heavy atom. The monoisotopic (exact) mass is 256 g/mol. The maximum Gasteiger partial charge on any atom is 0.242 e. The maximum atomic E-state index is 12.1. The molecule has 1 N–H and O–H groups in total. The van der Waals surface area contributed by atoms with Gasteiger partial charge in [0.2, 0.25) is 10.0 Å². The Balaban J connectivity index is 3.17. The summed E-state index contributed by atoms with van der Waals surface area (Å²) < 4.78 is 25.5. The first-order valence-corrected chi connectivity index (χ1v) is 7.01. The van der Waals surface area contributed by atoms with Crippen molar-refractivity contribution in [2.24, 2.45) is 0 Å². The van der Waals surface area contributed by atoms with Crippen LogP contribution in [0.5, 0.6) is 0 Å². The second-order valence-electron chi connectivity index (χ2n) is 4.29. The van der Waals surface area contributed by atoms with Crippen molar-refractivity contribution in [1.82, 2.24) is 9.62 Å². The summed E-state index contributed by atoms with van der Waals surface area (Å²) >= 11 is 0. The number of likely N-dealkylation sites (N-methyl/N-ethyl adjacent to an activating group) is 1. The third-order valence-electron chi connectivity index (χ3n) is 2.75. The second kappa shape index (κ2) is 5.62. The number of nitrogens with one attached hydrogen (secondary N) is 1. The minimum Gasteiger partial charge on any atom is -0.317 e. The molecule has 17 heavy (non-hydrogen) atoms. The average Bonchev–Trinajstić information content (AvgIpc) is 2.29. The fraction of sp³-hybridized carbons (Fsp3) is 0.500. The highest BCUT2D eigenvalue weighted by atomic mass is 32.2. The molecular formula is C12H20N2O2S. The summed E-state index contributed by atoms with van der Waals surface area (Å²) in [5.41, 5.74) is 0.850. The zero-order valence-corrected chi connectivity index (χ0v) is 11.6. The highest BCUT2D eigenvalue weighted by Gasteiger charge is 2.21. The molecule has 0 spiro atoms. The van der Waals surface area contributed by atoms with Gasteiger partial charge in [-0.3, -0.25) is 0 Å². The van der Waals surface area contributed by atoms with E-state index in [1.807, 2.05) is 26.1 Å². The van der Waals surface area contributed by atoms with Crippen LogP contribution in [-0.2, 0) is 16.4 Å². The zero-order valence-electron chi connectivity index (χ0n) is 10.8. The lowest BCUT2D eigenvalue weighted by atomic mass is 10.1. The van der Waals surface area contributed by atoms with Crippen LogP contribution < -0.4 is 5.32 Å². The molecule has 0 aromatic heterocycles. The lowest BCUT2D eigenvalue weighted by Gasteiger charge is -2.17. The summed E-state index contributed by atoms with van der Waals surface area (Å²) in [6, 6.07) is 7.39. The van der Waals surface area contributed by atoms with Crippen LogP contribution in [0.2, 0.25) is 0 Å². The third kappa shape index (κ3) is 3.28. The number of hydrogen-bond acceptors (Lipinski definition) is 3. The van der Waals surface area contributed by atoms with Crippen molar-refractivity contribution >= 4 is 10.0 Å². The quantitative estimate of drug-likeness (QED) is 0.858. The first-order chi connectivity index (χ1) is 7.89. The number of rotatable bonds is 5. The molecule has 1 unspecified atom stereocenters. The predicted molar refractivity (Wildman–Crippen MR) is 69.5 cm³/mol. The van der Waals surface area contributed by atoms with Crippen molar-refractivity contribution in [1.29, 1.82) is 0 Å². The fourth-order valence-corrected chi connectivity index (χ4v) is 2.68. The van der Waals surface area contributed by atoms with Gasteiger partial charge in [-0.25, -0.2) is 12.7 Å². The third-order valence-corrected chi connectivity index (χ3v) is 4.67. The SMILES string of the molecule is CNC(C)Cc1ccccc1S(=O)(=O)N(C)C. The molecule has 0 radical (unpaired) electrons. The van der Waals surface area contributed by atoms with E-state index in [1.165, 1.54) is 4.31 Å². The molecule has 0 bridgehead atoms. The normalized spacial score (nSPS) is 13.9. The lowest BCUT2D eigenvalue weighted by molar-refractivity contribution is 0.518. The number of hydrogen-bond donors (Lipinski definition) is 1. The summed E-state index contributed by atoms with van der Waals surface area (Å²) in [4.78, 5) is 0.395. The molecule has 0 aliphatic rings. The van der Waals surface area contributed by atoms with Gasteiger partial charge in [-0.05, 0) is 32.0 Å². The van der Waals surface area contributed by atoms with E-state index < -0.39 is 10.0 Å². The van der Waals surface area contributed by atoms with E-state index in [4.69, 9.17) is 0 Å². The molecule has 0 aliphatic carbocycles. The van der Waals surface area contributed by atoms with Crippen molar-refractivity contribution in [3.8, 4) is 0 Å². The molecule has 96 valence electrons. The highest BCUT2D eigenvalue weighted by molar-refractivity contribution is 7.89. The van der Waals surface area contributed by atoms with Gasteiger partial charge in [0.15, 0.2) is 0 Å². The predicted octanol–water partition coefficient (Wildman–Crippen LogP) is 1.09. The molecule has 1 rings (SSSR count). The van der Waals surface area contributed by atoms with Gasteiger partial charge in [-0.15, -0.1) is 0 Å². The lowest BCUT2D eigenvalue weighted by Crippen LogP contribution is -2.27. The van der Waals surface area contributed by atoms with Crippen molar-refractivity contribution in [2.45, 2.75) is 24.3 Å². The van der Waals surface area contributed by atoms with Crippen LogP contribution in [-0.4, -0.2) is 39.9 Å². The highest BCUT2D eigenvalue weighted by Crippen LogP contribution is 2.19. The number of benzene rings is 1. The molecule has 0 saturated carbocycles. The molecule has 0 fully saturated rings. The molecule has 1 aromatic carbocycles. The molecule has 4 nitrogen and oxygen atoms in total. The topological polar surface area (TPSA) is 49.4 Å². The molecule has 5 heteroatoms. The van der Waals surface area contributed by atoms with Gasteiger partial charge in [0.1, 0.15) is 0 Å². The summed E-state index contributed by atoms with van der Waals surface area (Å²) in [6.45, 7) is 2.03. The summed E-state index contributed by atoms with van der Waals surface area (Å²) in [5, 5.41) is 3.11. The largest absolute Gasteiger partial charge is 0.317 e. The molecule has 0 aliphatic heterocycles. The van der Waals surface area contributed by atoms with Gasteiger partial charge in [0, 0.05) is 20.1 Å². The fourth-order valence-electron chi connectivity index (χ4n) is 1.55. The molecule has 0 heterocycles. The van der Waals surface area contributed by atoms with E-state index in [1.54, 1.807) is 26.2 Å². The average molecular weight is 256 g/mol. The number of sulfonamides is 1. The Kier molecular flexibility index (Phi) is 4.68. The first kappa shape index (κ1) is 14.2. The van der Waals surface area contributed by atoms with E-state index in [0.717, 1.165) is 5.56 Å². The maximum absolute atomic E-state index is 12.1. The Morgan fingerprint density at radius 1 is 1.29 bits per heavy atom. The van der Waals surface area contributed by atoms with Crippen LogP contribution in [0.25, 0.3) is 0 Å². The number of nitrogens with zero attached hydrogens (tertiary/aromatic N) is 1. The molecule has 1 atom stereocenters. The van der Waals surface area contributed by atoms with Crippen LogP contribution in [0.1, 0.15) is 12.5 Å². The van der Waals surface area contributed by atoms with E-state index in [-0.39, 0.29) is 6.04 Å². The van der Waals surface area contributed by atoms with Crippen molar-refractivity contribution < 1.29 is 8.42 Å². The minimum atomic E-state index is -3.36. The Labute approximate surface area is 104 Å². The van der Waals surface area contributed by atoms with Gasteiger partial charge in [0.25, 0.3) is 0 Å². The van der Waals surface area contributed by atoms with Gasteiger partial charge in [-0.1, -0.05) is 18.2 Å². The summed E-state index contributed by atoms with van der Waals surface area (Å²) in [7, 11) is 1.61. The van der Waals surface area contributed by atoms with Crippen molar-refractivity contribution in [2.75, 3.05) is 21.1 Å². The Bertz CT molecular complexity index is 469. The second-order valence-corrected chi connectivity index (χ2v) is 6.41. The molecule has 1 aromatic rings. The van der Waals surface area contributed by atoms with E-state index in [2.05, 4.69) is 5.32 Å². The van der Waals surface area contributed by atoms with E-state index in [9.17, 15) is 8.42 Å². The summed E-state index contributed by atoms with van der Waals surface area (Å²) in [5.74, 6) is 0. The van der Waals surface area contributed by atoms with Crippen molar-refractivity contribution in [3.63, 3.8) is 0 Å². The van der Waals surface area contributed by atoms with Crippen LogP contribution in [0.3, 0.4) is 0 Å². The Hall–Kier alpha value is -0.910. The van der Waals surface area contributed by atoms with Gasteiger partial charge >= 0.3 is 0 Å². The van der Waals surface area contributed by atoms with Crippen molar-refractivity contribution in [3.05, 3.63) is 29.8 Å². The van der Waals surface area contributed by atoms with Gasteiger partial charge < -0.3 is 5.32 Å².